The van der Waals surface area contributed by atoms with Crippen molar-refractivity contribution in [2.45, 2.75) is 46.5 Å². The molecule has 2 rings (SSSR count). The van der Waals surface area contributed by atoms with Gasteiger partial charge >= 0.3 is 0 Å². The lowest BCUT2D eigenvalue weighted by molar-refractivity contribution is 0.185. The Balaban J connectivity index is 0.000000200. The molecule has 1 aliphatic heterocycles. The highest BCUT2D eigenvalue weighted by molar-refractivity contribution is 6.30. The fourth-order valence-electron chi connectivity index (χ4n) is 2.54. The molecule has 0 radical (unpaired) electrons. The normalized spacial score (nSPS) is 17.2. The van der Waals surface area contributed by atoms with Gasteiger partial charge in [0.05, 0.1) is 0 Å². The van der Waals surface area contributed by atoms with Crippen molar-refractivity contribution in [3.05, 3.63) is 34.9 Å². The maximum atomic E-state index is 5.72. The molecule has 0 atom stereocenters. The van der Waals surface area contributed by atoms with Crippen LogP contribution in [0.3, 0.4) is 0 Å². The quantitative estimate of drug-likeness (QED) is 0.701. The Hall–Kier alpha value is -0.530. The largest absolute Gasteiger partial charge is 0.306 e. The Kier molecular flexibility index (Phi) is 7.61. The van der Waals surface area contributed by atoms with E-state index < -0.39 is 0 Å². The maximum Gasteiger partial charge on any atom is 0.0406 e. The molecule has 0 N–H and O–H groups in total. The van der Waals surface area contributed by atoms with Crippen molar-refractivity contribution in [3.63, 3.8) is 0 Å². The van der Waals surface area contributed by atoms with Crippen LogP contribution >= 0.6 is 11.6 Å². The van der Waals surface area contributed by atoms with Crippen LogP contribution in [0.1, 0.15) is 52.0 Å². The minimum Gasteiger partial charge on any atom is -0.306 e. The van der Waals surface area contributed by atoms with E-state index in [1.807, 2.05) is 12.1 Å². The van der Waals surface area contributed by atoms with Crippen molar-refractivity contribution in [1.29, 1.82) is 0 Å². The fourth-order valence-corrected chi connectivity index (χ4v) is 2.67. The molecule has 0 saturated carbocycles. The molecule has 1 nitrogen and oxygen atoms in total. The summed E-state index contributed by atoms with van der Waals surface area (Å²) in [4.78, 5) is 2.43. The van der Waals surface area contributed by atoms with Crippen LogP contribution in [0, 0.1) is 11.8 Å². The number of hydrogen-bond acceptors (Lipinski definition) is 1. The number of piperidine rings is 1. The zero-order chi connectivity index (χ0) is 15.1. The van der Waals surface area contributed by atoms with Gasteiger partial charge in [0.2, 0.25) is 0 Å². The van der Waals surface area contributed by atoms with Gasteiger partial charge in [0.25, 0.3) is 0 Å². The van der Waals surface area contributed by atoms with Gasteiger partial charge in [-0.25, -0.2) is 0 Å². The van der Waals surface area contributed by atoms with Crippen molar-refractivity contribution in [1.82, 2.24) is 4.90 Å². The molecule has 0 amide bonds. The summed E-state index contributed by atoms with van der Waals surface area (Å²) in [5.41, 5.74) is 1.34. The van der Waals surface area contributed by atoms with Gasteiger partial charge < -0.3 is 4.90 Å². The SMILES string of the molecule is CC(C)C1CCN(C)CC1.CC(C)c1ccc(Cl)cc1. The summed E-state index contributed by atoms with van der Waals surface area (Å²) in [5.74, 6) is 2.49. The minimum atomic E-state index is 0.595. The molecule has 0 aliphatic carbocycles. The molecule has 1 aromatic rings. The van der Waals surface area contributed by atoms with Gasteiger partial charge in [-0.1, -0.05) is 51.4 Å². The molecule has 1 saturated heterocycles. The number of halogens is 1. The van der Waals surface area contributed by atoms with Gasteiger partial charge in [0.15, 0.2) is 0 Å². The van der Waals surface area contributed by atoms with Crippen molar-refractivity contribution >= 4 is 11.6 Å². The smallest absolute Gasteiger partial charge is 0.0406 e. The monoisotopic (exact) mass is 295 g/mol. The van der Waals surface area contributed by atoms with Crippen molar-refractivity contribution in [3.8, 4) is 0 Å². The first kappa shape index (κ1) is 17.5. The van der Waals surface area contributed by atoms with Crippen LogP contribution < -0.4 is 0 Å². The lowest BCUT2D eigenvalue weighted by atomic mass is 9.87. The molecular weight excluding hydrogens is 266 g/mol. The van der Waals surface area contributed by atoms with Crippen molar-refractivity contribution < 1.29 is 0 Å². The molecular formula is C18H30ClN. The van der Waals surface area contributed by atoms with E-state index in [2.05, 4.69) is 51.8 Å². The van der Waals surface area contributed by atoms with Crippen LogP contribution in [-0.2, 0) is 0 Å². The molecule has 2 heteroatoms. The topological polar surface area (TPSA) is 3.24 Å². The van der Waals surface area contributed by atoms with E-state index in [1.165, 1.54) is 31.5 Å². The van der Waals surface area contributed by atoms with E-state index in [1.54, 1.807) is 0 Å². The van der Waals surface area contributed by atoms with E-state index in [-0.39, 0.29) is 0 Å². The Morgan fingerprint density at radius 2 is 1.50 bits per heavy atom. The Morgan fingerprint density at radius 3 is 1.90 bits per heavy atom. The average Bonchev–Trinajstić information content (AvgIpc) is 2.40. The van der Waals surface area contributed by atoms with Crippen molar-refractivity contribution in [2.24, 2.45) is 11.8 Å². The number of hydrogen-bond donors (Lipinski definition) is 0. The van der Waals surface area contributed by atoms with E-state index in [9.17, 15) is 0 Å². The molecule has 1 heterocycles. The van der Waals surface area contributed by atoms with Gasteiger partial charge in [0, 0.05) is 5.02 Å². The van der Waals surface area contributed by atoms with Gasteiger partial charge in [-0.15, -0.1) is 0 Å². The third-order valence-corrected chi connectivity index (χ3v) is 4.49. The van der Waals surface area contributed by atoms with Crippen molar-refractivity contribution in [2.75, 3.05) is 20.1 Å². The summed E-state index contributed by atoms with van der Waals surface area (Å²) in [5, 5.41) is 0.810. The van der Waals surface area contributed by atoms with Gasteiger partial charge in [-0.05, 0) is 68.4 Å². The van der Waals surface area contributed by atoms with Crippen LogP contribution in [0.15, 0.2) is 24.3 Å². The highest BCUT2D eigenvalue weighted by atomic mass is 35.5. The Bertz CT molecular complexity index is 362. The number of nitrogens with zero attached hydrogens (tertiary/aromatic N) is 1. The van der Waals surface area contributed by atoms with E-state index in [0.29, 0.717) is 5.92 Å². The zero-order valence-electron chi connectivity index (χ0n) is 13.7. The summed E-state index contributed by atoms with van der Waals surface area (Å²) in [7, 11) is 2.22. The molecule has 20 heavy (non-hydrogen) atoms. The van der Waals surface area contributed by atoms with E-state index >= 15 is 0 Å². The molecule has 0 spiro atoms. The number of likely N-dealkylation sites (tertiary alicyclic amines) is 1. The molecule has 1 fully saturated rings. The average molecular weight is 296 g/mol. The lowest BCUT2D eigenvalue weighted by Crippen LogP contribution is -2.32. The minimum absolute atomic E-state index is 0.595. The number of rotatable bonds is 2. The van der Waals surface area contributed by atoms with Crippen LogP contribution in [0.5, 0.6) is 0 Å². The van der Waals surface area contributed by atoms with E-state index in [4.69, 9.17) is 11.6 Å². The predicted molar refractivity (Wildman–Crippen MR) is 90.6 cm³/mol. The Labute approximate surface area is 130 Å². The predicted octanol–water partition coefficient (Wildman–Crippen LogP) is 5.45. The molecule has 1 aliphatic rings. The van der Waals surface area contributed by atoms with Gasteiger partial charge in [-0.3, -0.25) is 0 Å². The highest BCUT2D eigenvalue weighted by Gasteiger charge is 2.18. The second kappa shape index (κ2) is 8.69. The summed E-state index contributed by atoms with van der Waals surface area (Å²) >= 11 is 5.72. The summed E-state index contributed by atoms with van der Waals surface area (Å²) < 4.78 is 0. The molecule has 114 valence electrons. The molecule has 0 bridgehead atoms. The third-order valence-electron chi connectivity index (χ3n) is 4.24. The standard InChI is InChI=1S/C9H11Cl.C9H19N/c1-7(2)8-3-5-9(10)6-4-8;1-8(2)9-4-6-10(3)7-5-9/h3-7H,1-2H3;8-9H,4-7H2,1-3H3. The molecule has 0 aromatic heterocycles. The Morgan fingerprint density at radius 1 is 1.00 bits per heavy atom. The molecule has 0 unspecified atom stereocenters. The highest BCUT2D eigenvalue weighted by Crippen LogP contribution is 2.23. The second-order valence-corrected chi connectivity index (χ2v) is 7.03. The van der Waals surface area contributed by atoms with Gasteiger partial charge in [-0.2, -0.15) is 0 Å². The second-order valence-electron chi connectivity index (χ2n) is 6.59. The fraction of sp³-hybridized carbons (Fsp3) is 0.667. The maximum absolute atomic E-state index is 5.72. The van der Waals surface area contributed by atoms with Crippen LogP contribution in [0.2, 0.25) is 5.02 Å². The molecule has 1 aromatic carbocycles. The van der Waals surface area contributed by atoms with Gasteiger partial charge in [0.1, 0.15) is 0 Å². The zero-order valence-corrected chi connectivity index (χ0v) is 14.5. The first-order valence-corrected chi connectivity index (χ1v) is 8.22. The number of benzene rings is 1. The van der Waals surface area contributed by atoms with E-state index in [0.717, 1.165) is 16.9 Å². The van der Waals surface area contributed by atoms with Crippen LogP contribution in [0.4, 0.5) is 0 Å². The first-order chi connectivity index (χ1) is 9.40. The van der Waals surface area contributed by atoms with Crippen LogP contribution in [0.25, 0.3) is 0 Å². The van der Waals surface area contributed by atoms with Crippen LogP contribution in [-0.4, -0.2) is 25.0 Å². The summed E-state index contributed by atoms with van der Waals surface area (Å²) in [6.45, 7) is 11.6. The lowest BCUT2D eigenvalue weighted by Gasteiger charge is -2.31. The third kappa shape index (κ3) is 6.28. The first-order valence-electron chi connectivity index (χ1n) is 7.84. The summed E-state index contributed by atoms with van der Waals surface area (Å²) in [6.07, 6.45) is 2.82. The summed E-state index contributed by atoms with van der Waals surface area (Å²) in [6, 6.07) is 7.98.